The van der Waals surface area contributed by atoms with E-state index in [-0.39, 0.29) is 0 Å². The molecule has 94 valence electrons. The van der Waals surface area contributed by atoms with Crippen molar-refractivity contribution in [2.75, 3.05) is 7.11 Å². The molecule has 1 aliphatic carbocycles. The predicted octanol–water partition coefficient (Wildman–Crippen LogP) is 2.91. The van der Waals surface area contributed by atoms with E-state index in [1.165, 1.54) is 24.0 Å². The third-order valence-electron chi connectivity index (χ3n) is 3.74. The Morgan fingerprint density at radius 3 is 2.47 bits per heavy atom. The van der Waals surface area contributed by atoms with Gasteiger partial charge < -0.3 is 10.1 Å². The van der Waals surface area contributed by atoms with E-state index in [0.29, 0.717) is 12.1 Å². The minimum Gasteiger partial charge on any atom is -0.381 e. The second kappa shape index (κ2) is 6.18. The van der Waals surface area contributed by atoms with Crippen LogP contribution in [0.4, 0.5) is 0 Å². The van der Waals surface area contributed by atoms with E-state index in [2.05, 4.69) is 36.5 Å². The molecule has 1 aromatic carbocycles. The Bertz CT molecular complexity index is 333. The van der Waals surface area contributed by atoms with Crippen LogP contribution in [0.5, 0.6) is 0 Å². The summed E-state index contributed by atoms with van der Waals surface area (Å²) in [6, 6.07) is 9.54. The molecule has 2 atom stereocenters. The van der Waals surface area contributed by atoms with Crippen LogP contribution in [0.3, 0.4) is 0 Å². The topological polar surface area (TPSA) is 21.3 Å². The van der Waals surface area contributed by atoms with Gasteiger partial charge in [0.2, 0.25) is 0 Å². The first-order valence-electron chi connectivity index (χ1n) is 6.65. The van der Waals surface area contributed by atoms with E-state index in [9.17, 15) is 0 Å². The van der Waals surface area contributed by atoms with E-state index in [1.54, 1.807) is 0 Å². The number of methoxy groups -OCH3 is 1. The van der Waals surface area contributed by atoms with E-state index >= 15 is 0 Å². The molecule has 2 heteroatoms. The van der Waals surface area contributed by atoms with Crippen LogP contribution in [0.25, 0.3) is 0 Å². The van der Waals surface area contributed by atoms with Gasteiger partial charge in [-0.3, -0.25) is 0 Å². The Balaban J connectivity index is 1.78. The van der Waals surface area contributed by atoms with Crippen LogP contribution in [-0.2, 0) is 17.7 Å². The molecule has 0 heterocycles. The second-order valence-corrected chi connectivity index (χ2v) is 4.92. The van der Waals surface area contributed by atoms with Crippen LogP contribution < -0.4 is 5.32 Å². The summed E-state index contributed by atoms with van der Waals surface area (Å²) in [6.45, 7) is 3.17. The summed E-state index contributed by atoms with van der Waals surface area (Å²) < 4.78 is 5.38. The molecule has 1 aromatic rings. The molecular weight excluding hydrogens is 210 g/mol. The first-order valence-corrected chi connectivity index (χ1v) is 6.65. The van der Waals surface area contributed by atoms with E-state index in [0.717, 1.165) is 19.4 Å². The van der Waals surface area contributed by atoms with Crippen LogP contribution >= 0.6 is 0 Å². The van der Waals surface area contributed by atoms with Gasteiger partial charge in [-0.15, -0.1) is 0 Å². The maximum atomic E-state index is 5.38. The molecule has 2 rings (SSSR count). The lowest BCUT2D eigenvalue weighted by Gasteiger charge is -2.13. The van der Waals surface area contributed by atoms with Crippen LogP contribution in [-0.4, -0.2) is 19.3 Å². The Hall–Kier alpha value is -0.860. The Kier molecular flexibility index (Phi) is 4.57. The monoisotopic (exact) mass is 233 g/mol. The highest BCUT2D eigenvalue weighted by Crippen LogP contribution is 2.21. The van der Waals surface area contributed by atoms with Crippen LogP contribution in [0.15, 0.2) is 24.3 Å². The molecule has 0 spiro atoms. The van der Waals surface area contributed by atoms with Crippen molar-refractivity contribution >= 4 is 0 Å². The molecule has 0 aromatic heterocycles. The largest absolute Gasteiger partial charge is 0.381 e. The van der Waals surface area contributed by atoms with Gasteiger partial charge in [0.05, 0.1) is 6.10 Å². The quantitative estimate of drug-likeness (QED) is 0.844. The standard InChI is InChI=1S/C15H23NO/c1-3-12-4-6-13(7-5-12)11-16-14-8-9-15(10-14)17-2/h4-7,14-16H,3,8-11H2,1-2H3. The third-order valence-corrected chi connectivity index (χ3v) is 3.74. The number of rotatable bonds is 5. The summed E-state index contributed by atoms with van der Waals surface area (Å²) >= 11 is 0. The van der Waals surface area contributed by atoms with Crippen molar-refractivity contribution < 1.29 is 4.74 Å². The average Bonchev–Trinajstić information content (AvgIpc) is 2.85. The maximum absolute atomic E-state index is 5.38. The number of hydrogen-bond acceptors (Lipinski definition) is 2. The number of nitrogens with one attached hydrogen (secondary N) is 1. The van der Waals surface area contributed by atoms with Gasteiger partial charge in [-0.1, -0.05) is 31.2 Å². The fourth-order valence-corrected chi connectivity index (χ4v) is 2.49. The van der Waals surface area contributed by atoms with Gasteiger partial charge in [0, 0.05) is 19.7 Å². The summed E-state index contributed by atoms with van der Waals surface area (Å²) in [5.41, 5.74) is 2.79. The molecule has 0 bridgehead atoms. The van der Waals surface area contributed by atoms with Crippen LogP contribution in [0.1, 0.15) is 37.3 Å². The maximum Gasteiger partial charge on any atom is 0.0586 e. The summed E-state index contributed by atoms with van der Waals surface area (Å²) in [6.07, 6.45) is 5.18. The average molecular weight is 233 g/mol. The van der Waals surface area contributed by atoms with Crippen molar-refractivity contribution in [2.45, 2.75) is 51.3 Å². The van der Waals surface area contributed by atoms with Crippen molar-refractivity contribution in [3.63, 3.8) is 0 Å². The first kappa shape index (κ1) is 12.6. The molecule has 2 unspecified atom stereocenters. The molecule has 1 N–H and O–H groups in total. The van der Waals surface area contributed by atoms with Gasteiger partial charge >= 0.3 is 0 Å². The smallest absolute Gasteiger partial charge is 0.0586 e. The zero-order valence-electron chi connectivity index (χ0n) is 10.9. The molecule has 2 nitrogen and oxygen atoms in total. The predicted molar refractivity (Wildman–Crippen MR) is 71.1 cm³/mol. The highest BCUT2D eigenvalue weighted by Gasteiger charge is 2.23. The Labute approximate surface area is 104 Å². The zero-order valence-corrected chi connectivity index (χ0v) is 10.9. The second-order valence-electron chi connectivity index (χ2n) is 4.92. The number of ether oxygens (including phenoxy) is 1. The zero-order chi connectivity index (χ0) is 12.1. The number of aryl methyl sites for hydroxylation is 1. The normalized spacial score (nSPS) is 24.1. The first-order chi connectivity index (χ1) is 8.31. The van der Waals surface area contributed by atoms with Gasteiger partial charge in [-0.25, -0.2) is 0 Å². The fourth-order valence-electron chi connectivity index (χ4n) is 2.49. The highest BCUT2D eigenvalue weighted by atomic mass is 16.5. The lowest BCUT2D eigenvalue weighted by atomic mass is 10.1. The van der Waals surface area contributed by atoms with Crippen LogP contribution in [0.2, 0.25) is 0 Å². The lowest BCUT2D eigenvalue weighted by Crippen LogP contribution is -2.26. The minimum atomic E-state index is 0.468. The molecule has 0 saturated heterocycles. The van der Waals surface area contributed by atoms with Gasteiger partial charge in [0.1, 0.15) is 0 Å². The highest BCUT2D eigenvalue weighted by molar-refractivity contribution is 5.22. The summed E-state index contributed by atoms with van der Waals surface area (Å²) in [4.78, 5) is 0. The molecule has 0 amide bonds. The fraction of sp³-hybridized carbons (Fsp3) is 0.600. The van der Waals surface area contributed by atoms with E-state index in [4.69, 9.17) is 4.74 Å². The van der Waals surface area contributed by atoms with Crippen molar-refractivity contribution in [3.8, 4) is 0 Å². The molecule has 1 fully saturated rings. The molecule has 17 heavy (non-hydrogen) atoms. The van der Waals surface area contributed by atoms with E-state index < -0.39 is 0 Å². The van der Waals surface area contributed by atoms with Gasteiger partial charge in [0.25, 0.3) is 0 Å². The molecule has 1 saturated carbocycles. The molecule has 1 aliphatic rings. The number of benzene rings is 1. The minimum absolute atomic E-state index is 0.468. The third kappa shape index (κ3) is 3.55. The van der Waals surface area contributed by atoms with Gasteiger partial charge in [0.15, 0.2) is 0 Å². The van der Waals surface area contributed by atoms with Crippen molar-refractivity contribution in [2.24, 2.45) is 0 Å². The summed E-state index contributed by atoms with van der Waals surface area (Å²) in [7, 11) is 1.82. The lowest BCUT2D eigenvalue weighted by molar-refractivity contribution is 0.107. The van der Waals surface area contributed by atoms with E-state index in [1.807, 2.05) is 7.11 Å². The molecule has 0 radical (unpaired) electrons. The molecular formula is C15H23NO. The Morgan fingerprint density at radius 1 is 1.18 bits per heavy atom. The summed E-state index contributed by atoms with van der Waals surface area (Å²) in [5.74, 6) is 0. The number of hydrogen-bond donors (Lipinski definition) is 1. The van der Waals surface area contributed by atoms with Crippen molar-refractivity contribution in [3.05, 3.63) is 35.4 Å². The van der Waals surface area contributed by atoms with Crippen LogP contribution in [0, 0.1) is 0 Å². The van der Waals surface area contributed by atoms with Crippen molar-refractivity contribution in [1.29, 1.82) is 0 Å². The SMILES string of the molecule is CCc1ccc(CNC2CCC(OC)C2)cc1. The van der Waals surface area contributed by atoms with Gasteiger partial charge in [-0.2, -0.15) is 0 Å². The van der Waals surface area contributed by atoms with Gasteiger partial charge in [-0.05, 0) is 36.8 Å². The molecule has 0 aliphatic heterocycles. The van der Waals surface area contributed by atoms with Crippen molar-refractivity contribution in [1.82, 2.24) is 5.32 Å². The summed E-state index contributed by atoms with van der Waals surface area (Å²) in [5, 5.41) is 3.62. The Morgan fingerprint density at radius 2 is 1.88 bits per heavy atom.